The summed E-state index contributed by atoms with van der Waals surface area (Å²) in [6.45, 7) is 5.01. The minimum absolute atomic E-state index is 0.109. The lowest BCUT2D eigenvalue weighted by Gasteiger charge is -2.35. The lowest BCUT2D eigenvalue weighted by molar-refractivity contribution is -0.137. The van der Waals surface area contributed by atoms with Gasteiger partial charge < -0.3 is 21.5 Å². The van der Waals surface area contributed by atoms with Gasteiger partial charge in [0, 0.05) is 26.3 Å². The lowest BCUT2D eigenvalue weighted by atomic mass is 9.79. The first-order chi connectivity index (χ1) is 8.34. The highest BCUT2D eigenvalue weighted by molar-refractivity contribution is 5.85. The Morgan fingerprint density at radius 3 is 2.33 bits per heavy atom. The largest absolute Gasteiger partial charge is 0.381 e. The van der Waals surface area contributed by atoms with Crippen molar-refractivity contribution in [3.05, 3.63) is 0 Å². The Kier molecular flexibility index (Phi) is 4.70. The topological polar surface area (TPSA) is 107 Å². The summed E-state index contributed by atoms with van der Waals surface area (Å²) in [5, 5.41) is 2.79. The van der Waals surface area contributed by atoms with Gasteiger partial charge in [0.15, 0.2) is 0 Å². The van der Waals surface area contributed by atoms with Crippen LogP contribution in [-0.2, 0) is 14.3 Å². The molecule has 0 aliphatic carbocycles. The molecule has 1 fully saturated rings. The first-order valence-corrected chi connectivity index (χ1v) is 6.20. The molecule has 0 spiro atoms. The van der Waals surface area contributed by atoms with Crippen LogP contribution in [-0.4, -0.2) is 38.1 Å². The summed E-state index contributed by atoms with van der Waals surface area (Å²) < 4.78 is 5.25. The SMILES string of the molecule is CC(C)(CNC(=O)C1(CN)CCOCC1)C(N)=O. The van der Waals surface area contributed by atoms with E-state index in [2.05, 4.69) is 5.32 Å². The number of nitrogens with one attached hydrogen (secondary N) is 1. The minimum atomic E-state index is -0.753. The average Bonchev–Trinajstić information content (AvgIpc) is 2.36. The zero-order valence-electron chi connectivity index (χ0n) is 11.1. The fraction of sp³-hybridized carbons (Fsp3) is 0.833. The first-order valence-electron chi connectivity index (χ1n) is 6.20. The highest BCUT2D eigenvalue weighted by Gasteiger charge is 2.39. The molecule has 0 unspecified atom stereocenters. The van der Waals surface area contributed by atoms with Crippen LogP contribution in [0.15, 0.2) is 0 Å². The fourth-order valence-corrected chi connectivity index (χ4v) is 1.86. The molecule has 0 aromatic heterocycles. The predicted molar refractivity (Wildman–Crippen MR) is 67.5 cm³/mol. The molecule has 1 saturated heterocycles. The second-order valence-corrected chi connectivity index (χ2v) is 5.53. The van der Waals surface area contributed by atoms with Gasteiger partial charge in [0.05, 0.1) is 10.8 Å². The molecule has 0 atom stereocenters. The molecule has 2 amide bonds. The first kappa shape index (κ1) is 14.9. The quantitative estimate of drug-likeness (QED) is 0.609. The summed E-state index contributed by atoms with van der Waals surface area (Å²) >= 11 is 0. The van der Waals surface area contributed by atoms with Crippen LogP contribution in [0.1, 0.15) is 26.7 Å². The maximum atomic E-state index is 12.2. The van der Waals surface area contributed by atoms with E-state index in [0.29, 0.717) is 32.6 Å². The Morgan fingerprint density at radius 1 is 1.33 bits per heavy atom. The highest BCUT2D eigenvalue weighted by Crippen LogP contribution is 2.29. The Balaban J connectivity index is 2.61. The standard InChI is InChI=1S/C12H23N3O3/c1-11(2,9(14)16)8-15-10(17)12(7-13)3-5-18-6-4-12/h3-8,13H2,1-2H3,(H2,14,16)(H,15,17). The van der Waals surface area contributed by atoms with Gasteiger partial charge in [-0.1, -0.05) is 0 Å². The normalized spacial score (nSPS) is 19.3. The van der Waals surface area contributed by atoms with Crippen LogP contribution in [0.2, 0.25) is 0 Å². The number of primary amides is 1. The van der Waals surface area contributed by atoms with E-state index in [1.165, 1.54) is 0 Å². The summed E-state index contributed by atoms with van der Waals surface area (Å²) in [5.74, 6) is -0.542. The zero-order valence-corrected chi connectivity index (χ0v) is 11.1. The van der Waals surface area contributed by atoms with Crippen molar-refractivity contribution in [2.75, 3.05) is 26.3 Å². The van der Waals surface area contributed by atoms with Gasteiger partial charge in [-0.15, -0.1) is 0 Å². The van der Waals surface area contributed by atoms with E-state index in [-0.39, 0.29) is 12.5 Å². The molecule has 0 aromatic carbocycles. The second-order valence-electron chi connectivity index (χ2n) is 5.53. The molecule has 0 bridgehead atoms. The van der Waals surface area contributed by atoms with Gasteiger partial charge in [0.25, 0.3) is 0 Å². The number of ether oxygens (including phenoxy) is 1. The number of hydrogen-bond acceptors (Lipinski definition) is 4. The van der Waals surface area contributed by atoms with E-state index in [1.54, 1.807) is 13.8 Å². The van der Waals surface area contributed by atoms with Crippen molar-refractivity contribution in [2.45, 2.75) is 26.7 Å². The maximum Gasteiger partial charge on any atom is 0.227 e. The Labute approximate surface area is 107 Å². The highest BCUT2D eigenvalue weighted by atomic mass is 16.5. The number of hydrogen-bond donors (Lipinski definition) is 3. The van der Waals surface area contributed by atoms with Gasteiger partial charge in [-0.2, -0.15) is 0 Å². The molecular weight excluding hydrogens is 234 g/mol. The Bertz CT molecular complexity index is 323. The summed E-state index contributed by atoms with van der Waals surface area (Å²) in [6.07, 6.45) is 1.23. The van der Waals surface area contributed by atoms with E-state index in [0.717, 1.165) is 0 Å². The van der Waals surface area contributed by atoms with Crippen molar-refractivity contribution in [1.82, 2.24) is 5.32 Å². The number of carbonyl (C=O) groups excluding carboxylic acids is 2. The van der Waals surface area contributed by atoms with Crippen molar-refractivity contribution in [2.24, 2.45) is 22.3 Å². The van der Waals surface area contributed by atoms with E-state index in [4.69, 9.17) is 16.2 Å². The van der Waals surface area contributed by atoms with Crippen LogP contribution in [0.25, 0.3) is 0 Å². The Morgan fingerprint density at radius 2 is 1.89 bits per heavy atom. The molecule has 5 N–H and O–H groups in total. The van der Waals surface area contributed by atoms with Crippen LogP contribution in [0.5, 0.6) is 0 Å². The molecule has 6 heteroatoms. The molecular formula is C12H23N3O3. The predicted octanol–water partition coefficient (Wildman–Crippen LogP) is -0.630. The van der Waals surface area contributed by atoms with Gasteiger partial charge in [-0.3, -0.25) is 9.59 Å². The fourth-order valence-electron chi connectivity index (χ4n) is 1.86. The molecule has 1 aliphatic rings. The molecule has 18 heavy (non-hydrogen) atoms. The summed E-state index contributed by atoms with van der Waals surface area (Å²) in [7, 11) is 0. The van der Waals surface area contributed by atoms with Crippen LogP contribution >= 0.6 is 0 Å². The van der Waals surface area contributed by atoms with Crippen LogP contribution < -0.4 is 16.8 Å². The average molecular weight is 257 g/mol. The van der Waals surface area contributed by atoms with Crippen LogP contribution in [0, 0.1) is 10.8 Å². The third kappa shape index (κ3) is 3.20. The molecule has 1 heterocycles. The second kappa shape index (κ2) is 5.67. The number of rotatable bonds is 5. The third-order valence-corrected chi connectivity index (χ3v) is 3.68. The third-order valence-electron chi connectivity index (χ3n) is 3.68. The van der Waals surface area contributed by atoms with Crippen molar-refractivity contribution in [3.8, 4) is 0 Å². The monoisotopic (exact) mass is 257 g/mol. The molecule has 1 rings (SSSR count). The molecule has 1 aliphatic heterocycles. The van der Waals surface area contributed by atoms with E-state index >= 15 is 0 Å². The summed E-state index contributed by atoms with van der Waals surface area (Å²) in [6, 6.07) is 0. The smallest absolute Gasteiger partial charge is 0.227 e. The van der Waals surface area contributed by atoms with Crippen molar-refractivity contribution in [1.29, 1.82) is 0 Å². The van der Waals surface area contributed by atoms with Gasteiger partial charge >= 0.3 is 0 Å². The van der Waals surface area contributed by atoms with Crippen LogP contribution in [0.4, 0.5) is 0 Å². The molecule has 0 saturated carbocycles. The van der Waals surface area contributed by atoms with E-state index < -0.39 is 16.7 Å². The molecule has 104 valence electrons. The summed E-state index contributed by atoms with van der Waals surface area (Å²) in [4.78, 5) is 23.4. The molecule has 6 nitrogen and oxygen atoms in total. The van der Waals surface area contributed by atoms with Gasteiger partial charge in [-0.05, 0) is 26.7 Å². The zero-order chi connectivity index (χ0) is 13.8. The van der Waals surface area contributed by atoms with Crippen molar-refractivity contribution >= 4 is 11.8 Å². The lowest BCUT2D eigenvalue weighted by Crippen LogP contribution is -2.52. The van der Waals surface area contributed by atoms with Crippen molar-refractivity contribution in [3.63, 3.8) is 0 Å². The van der Waals surface area contributed by atoms with Crippen molar-refractivity contribution < 1.29 is 14.3 Å². The number of nitrogens with two attached hydrogens (primary N) is 2. The minimum Gasteiger partial charge on any atom is -0.381 e. The number of amides is 2. The maximum absolute atomic E-state index is 12.2. The van der Waals surface area contributed by atoms with Crippen LogP contribution in [0.3, 0.4) is 0 Å². The molecule has 0 radical (unpaired) electrons. The van der Waals surface area contributed by atoms with E-state index in [9.17, 15) is 9.59 Å². The molecule has 0 aromatic rings. The Hall–Kier alpha value is -1.14. The summed E-state index contributed by atoms with van der Waals surface area (Å²) in [5.41, 5.74) is 9.68. The van der Waals surface area contributed by atoms with Gasteiger partial charge in [-0.25, -0.2) is 0 Å². The number of carbonyl (C=O) groups is 2. The van der Waals surface area contributed by atoms with E-state index in [1.807, 2.05) is 0 Å². The van der Waals surface area contributed by atoms with Gasteiger partial charge in [0.1, 0.15) is 0 Å². The van der Waals surface area contributed by atoms with Gasteiger partial charge in [0.2, 0.25) is 11.8 Å².